The molecule has 136 valence electrons. The van der Waals surface area contributed by atoms with Gasteiger partial charge >= 0.3 is 0 Å². The van der Waals surface area contributed by atoms with Gasteiger partial charge in [0.15, 0.2) is 0 Å². The Morgan fingerprint density at radius 2 is 1.43 bits per heavy atom. The topological polar surface area (TPSA) is 15.3 Å². The summed E-state index contributed by atoms with van der Waals surface area (Å²) < 4.78 is 0. The molecule has 1 aliphatic carbocycles. The maximum Gasteiger partial charge on any atom is 0.0155 e. The molecule has 0 bridgehead atoms. The molecular weight excluding hydrogens is 280 g/mol. The number of nitrogens with one attached hydrogen (secondary N) is 1. The van der Waals surface area contributed by atoms with Gasteiger partial charge in [-0.15, -0.1) is 0 Å². The molecule has 1 saturated heterocycles. The Labute approximate surface area is 145 Å². The monoisotopic (exact) mass is 322 g/mol. The minimum Gasteiger partial charge on any atom is -0.309 e. The molecule has 2 heteroatoms. The smallest absolute Gasteiger partial charge is 0.0155 e. The highest BCUT2D eigenvalue weighted by atomic mass is 15.2. The van der Waals surface area contributed by atoms with E-state index in [2.05, 4.69) is 44.8 Å². The lowest BCUT2D eigenvalue weighted by Crippen LogP contribution is -2.45. The fraction of sp³-hybridized carbons (Fsp3) is 1.00. The molecule has 2 rings (SSSR count). The van der Waals surface area contributed by atoms with Crippen LogP contribution in [-0.4, -0.2) is 35.1 Å². The largest absolute Gasteiger partial charge is 0.309 e. The van der Waals surface area contributed by atoms with E-state index in [-0.39, 0.29) is 5.54 Å². The lowest BCUT2D eigenvalue weighted by atomic mass is 9.84. The van der Waals surface area contributed by atoms with E-state index < -0.39 is 0 Å². The minimum absolute atomic E-state index is 0.260. The summed E-state index contributed by atoms with van der Waals surface area (Å²) >= 11 is 0. The molecule has 0 aromatic carbocycles. The zero-order chi connectivity index (χ0) is 16.9. The third kappa shape index (κ3) is 6.74. The summed E-state index contributed by atoms with van der Waals surface area (Å²) in [5.74, 6) is 0.931. The highest BCUT2D eigenvalue weighted by molar-refractivity contribution is 4.88. The summed E-state index contributed by atoms with van der Waals surface area (Å²) in [6.07, 6.45) is 14.1. The van der Waals surface area contributed by atoms with Crippen LogP contribution in [0.15, 0.2) is 0 Å². The van der Waals surface area contributed by atoms with Crippen LogP contribution in [0, 0.1) is 5.92 Å². The molecule has 0 amide bonds. The van der Waals surface area contributed by atoms with Crippen LogP contribution >= 0.6 is 0 Å². The van der Waals surface area contributed by atoms with Crippen molar-refractivity contribution in [2.75, 3.05) is 13.1 Å². The van der Waals surface area contributed by atoms with Crippen LogP contribution in [0.25, 0.3) is 0 Å². The van der Waals surface area contributed by atoms with Crippen LogP contribution in [0.4, 0.5) is 0 Å². The molecule has 0 spiro atoms. The Balaban J connectivity index is 1.84. The van der Waals surface area contributed by atoms with E-state index >= 15 is 0 Å². The molecule has 0 radical (unpaired) electrons. The first-order chi connectivity index (χ1) is 10.8. The molecule has 2 aliphatic rings. The lowest BCUT2D eigenvalue weighted by molar-refractivity contribution is 0.0937. The Morgan fingerprint density at radius 3 is 2.04 bits per heavy atom. The zero-order valence-corrected chi connectivity index (χ0v) is 16.6. The van der Waals surface area contributed by atoms with Gasteiger partial charge in [-0.1, -0.05) is 25.7 Å². The zero-order valence-electron chi connectivity index (χ0n) is 16.6. The molecule has 1 aliphatic heterocycles. The first-order valence-corrected chi connectivity index (χ1v) is 10.3. The van der Waals surface area contributed by atoms with Crippen LogP contribution in [0.5, 0.6) is 0 Å². The van der Waals surface area contributed by atoms with E-state index in [0.29, 0.717) is 5.54 Å². The first-order valence-electron chi connectivity index (χ1n) is 10.3. The fourth-order valence-electron chi connectivity index (χ4n) is 4.85. The van der Waals surface area contributed by atoms with Crippen molar-refractivity contribution in [3.8, 4) is 0 Å². The third-order valence-electron chi connectivity index (χ3n) is 5.98. The molecule has 0 aromatic heterocycles. The SMILES string of the molecule is CC(C)(C)NC1CCCC(CC(C)(C)N2CCCCCC2)CC1. The van der Waals surface area contributed by atoms with Crippen molar-refractivity contribution in [1.29, 1.82) is 0 Å². The van der Waals surface area contributed by atoms with Crippen LogP contribution in [-0.2, 0) is 0 Å². The van der Waals surface area contributed by atoms with Crippen molar-refractivity contribution in [2.45, 2.75) is 116 Å². The second-order valence-corrected chi connectivity index (χ2v) is 9.88. The van der Waals surface area contributed by atoms with Gasteiger partial charge in [-0.2, -0.15) is 0 Å². The molecule has 23 heavy (non-hydrogen) atoms. The van der Waals surface area contributed by atoms with Crippen molar-refractivity contribution in [3.05, 3.63) is 0 Å². The van der Waals surface area contributed by atoms with Gasteiger partial charge in [-0.3, -0.25) is 4.90 Å². The first kappa shape index (κ1) is 19.2. The van der Waals surface area contributed by atoms with E-state index in [1.807, 2.05) is 0 Å². The number of hydrogen-bond donors (Lipinski definition) is 1. The Morgan fingerprint density at radius 1 is 0.783 bits per heavy atom. The summed E-state index contributed by atoms with van der Waals surface area (Å²) in [6.45, 7) is 14.6. The Kier molecular flexibility index (Phi) is 6.98. The predicted octanol–water partition coefficient (Wildman–Crippen LogP) is 5.37. The average molecular weight is 323 g/mol. The number of hydrogen-bond acceptors (Lipinski definition) is 2. The second-order valence-electron chi connectivity index (χ2n) is 9.88. The molecule has 2 unspecified atom stereocenters. The van der Waals surface area contributed by atoms with Crippen LogP contribution < -0.4 is 5.32 Å². The van der Waals surface area contributed by atoms with Gasteiger partial charge in [0.05, 0.1) is 0 Å². The summed E-state index contributed by atoms with van der Waals surface area (Å²) in [7, 11) is 0. The summed E-state index contributed by atoms with van der Waals surface area (Å²) in [5, 5.41) is 3.84. The average Bonchev–Trinajstić information content (AvgIpc) is 2.80. The normalized spacial score (nSPS) is 29.1. The Hall–Kier alpha value is -0.0800. The van der Waals surface area contributed by atoms with Crippen LogP contribution in [0.2, 0.25) is 0 Å². The van der Waals surface area contributed by atoms with E-state index in [9.17, 15) is 0 Å². The van der Waals surface area contributed by atoms with Gasteiger partial charge in [0.2, 0.25) is 0 Å². The number of likely N-dealkylation sites (tertiary alicyclic amines) is 1. The molecular formula is C21H42N2. The maximum absolute atomic E-state index is 3.84. The van der Waals surface area contributed by atoms with Gasteiger partial charge in [-0.25, -0.2) is 0 Å². The van der Waals surface area contributed by atoms with Gasteiger partial charge in [0.25, 0.3) is 0 Å². The van der Waals surface area contributed by atoms with Crippen molar-refractivity contribution in [3.63, 3.8) is 0 Å². The molecule has 0 aromatic rings. The molecule has 2 atom stereocenters. The fourth-order valence-corrected chi connectivity index (χ4v) is 4.85. The van der Waals surface area contributed by atoms with E-state index in [1.54, 1.807) is 0 Å². The Bertz CT molecular complexity index is 334. The quantitative estimate of drug-likeness (QED) is 0.700. The highest BCUT2D eigenvalue weighted by Crippen LogP contribution is 2.34. The maximum atomic E-state index is 3.84. The molecule has 2 fully saturated rings. The van der Waals surface area contributed by atoms with Crippen molar-refractivity contribution >= 4 is 0 Å². The summed E-state index contributed by atoms with van der Waals surface area (Å²) in [6, 6.07) is 0.737. The van der Waals surface area contributed by atoms with Crippen molar-refractivity contribution in [2.24, 2.45) is 5.92 Å². The molecule has 1 N–H and O–H groups in total. The number of rotatable bonds is 4. The van der Waals surface area contributed by atoms with E-state index in [1.165, 1.54) is 77.3 Å². The van der Waals surface area contributed by atoms with Gasteiger partial charge < -0.3 is 5.32 Å². The molecule has 1 saturated carbocycles. The minimum atomic E-state index is 0.260. The second kappa shape index (κ2) is 8.34. The van der Waals surface area contributed by atoms with Crippen molar-refractivity contribution in [1.82, 2.24) is 10.2 Å². The van der Waals surface area contributed by atoms with Crippen molar-refractivity contribution < 1.29 is 0 Å². The molecule has 1 heterocycles. The third-order valence-corrected chi connectivity index (χ3v) is 5.98. The van der Waals surface area contributed by atoms with Gasteiger partial charge in [-0.05, 0) is 92.2 Å². The van der Waals surface area contributed by atoms with E-state index in [4.69, 9.17) is 0 Å². The van der Waals surface area contributed by atoms with Crippen LogP contribution in [0.3, 0.4) is 0 Å². The standard InChI is InChI=1S/C21H42N2/c1-20(2,3)22-19-12-10-11-18(13-14-19)17-21(4,5)23-15-8-6-7-9-16-23/h18-19,22H,6-17H2,1-5H3. The highest BCUT2D eigenvalue weighted by Gasteiger charge is 2.31. The van der Waals surface area contributed by atoms with E-state index in [0.717, 1.165) is 12.0 Å². The molecule has 2 nitrogen and oxygen atoms in total. The van der Waals surface area contributed by atoms with Gasteiger partial charge in [0, 0.05) is 17.1 Å². The number of nitrogens with zero attached hydrogens (tertiary/aromatic N) is 1. The van der Waals surface area contributed by atoms with Crippen LogP contribution in [0.1, 0.15) is 98.8 Å². The summed E-state index contributed by atoms with van der Waals surface area (Å²) in [5.41, 5.74) is 0.655. The van der Waals surface area contributed by atoms with Gasteiger partial charge in [0.1, 0.15) is 0 Å². The predicted molar refractivity (Wildman–Crippen MR) is 102 cm³/mol. The summed E-state index contributed by atoms with van der Waals surface area (Å²) in [4.78, 5) is 2.80. The lowest BCUT2D eigenvalue weighted by Gasteiger charge is -2.40.